The van der Waals surface area contributed by atoms with Crippen molar-refractivity contribution in [3.8, 4) is 0 Å². The maximum absolute atomic E-state index is 13.0. The van der Waals surface area contributed by atoms with Crippen molar-refractivity contribution in [1.29, 1.82) is 0 Å². The first-order chi connectivity index (χ1) is 49.1. The van der Waals surface area contributed by atoms with Gasteiger partial charge in [-0.05, 0) is 210 Å². The minimum Gasteiger partial charge on any atom is -0.444 e. The lowest BCUT2D eigenvalue weighted by atomic mass is 9.76. The number of sulfonamides is 2. The van der Waals surface area contributed by atoms with E-state index in [4.69, 9.17) is 95.5 Å². The number of halogens is 7. The number of ether oxygens (including phenoxy) is 2. The predicted molar refractivity (Wildman–Crippen MR) is 416 cm³/mol. The van der Waals surface area contributed by atoms with Gasteiger partial charge in [-0.15, -0.1) is 0 Å². The molecule has 0 spiro atoms. The highest BCUT2D eigenvalue weighted by Crippen LogP contribution is 2.49. The Morgan fingerprint density at radius 3 is 1.14 bits per heavy atom. The summed E-state index contributed by atoms with van der Waals surface area (Å²) in [7, 11) is 4.17. The lowest BCUT2D eigenvalue weighted by molar-refractivity contribution is 0.0192. The van der Waals surface area contributed by atoms with E-state index in [-0.39, 0.29) is 57.1 Å². The molecule has 5 N–H and O–H groups in total. The minimum atomic E-state index is -3.89. The molecule has 22 nitrogen and oxygen atoms in total. The van der Waals surface area contributed by atoms with E-state index in [1.807, 2.05) is 134 Å². The number of fused-ring (bicyclic) bond motifs is 3. The number of rotatable bonds is 13. The molecular weight excluding hydrogens is 1550 g/mol. The number of nitrogens with one attached hydrogen (secondary N) is 3. The molecule has 0 unspecified atom stereocenters. The SMILES string of the molecule is CN(C(=O)OC(C)(C)C)[C@H]1CC[C@@H](c2ccc(Cl)c(Cl)c2)c2ccc(N)cc21.CN(C(=O)OC(C)(C)C)[C@H]1CC[C@@H](c2ccc(Cl)c(Cl)c2)c2ccc(NS(=O)(=O)c3cn(C)cn3)cc21.CN[C@H]1CC[C@@H](c2ccc(Cl)c(Cl)c2)c2ccc(NS(=O)(=O)c3cn(C)cn3)cc21.Cn1cnc(S(=O)(=O)Cl)c1. The predicted octanol–water partition coefficient (Wildman–Crippen LogP) is 17.8. The fourth-order valence-corrected chi connectivity index (χ4v) is 16.5. The molecule has 3 heterocycles. The summed E-state index contributed by atoms with van der Waals surface area (Å²) in [5.41, 5.74) is 15.9. The van der Waals surface area contributed by atoms with Gasteiger partial charge in [0.15, 0.2) is 15.1 Å². The molecule has 105 heavy (non-hydrogen) atoms. The van der Waals surface area contributed by atoms with Gasteiger partial charge in [0.25, 0.3) is 29.1 Å². The number of carbonyl (C=O) groups is 2. The average Bonchev–Trinajstić information content (AvgIpc) is 1.53. The molecular formula is C73H83Cl7N12O10S3. The molecule has 0 fully saturated rings. The van der Waals surface area contributed by atoms with Gasteiger partial charge in [-0.2, -0.15) is 16.8 Å². The van der Waals surface area contributed by atoms with Crippen molar-refractivity contribution in [2.45, 2.75) is 142 Å². The van der Waals surface area contributed by atoms with E-state index in [0.717, 1.165) is 82.2 Å². The van der Waals surface area contributed by atoms with Gasteiger partial charge in [-0.25, -0.2) is 33.0 Å². The second-order valence-corrected chi connectivity index (χ2v) is 36.0. The van der Waals surface area contributed by atoms with E-state index in [0.29, 0.717) is 53.6 Å². The van der Waals surface area contributed by atoms with Crippen LogP contribution in [0.25, 0.3) is 0 Å². The number of nitrogens with zero attached hydrogens (tertiary/aromatic N) is 8. The molecule has 2 amide bonds. The van der Waals surface area contributed by atoms with Gasteiger partial charge < -0.3 is 44.0 Å². The smallest absolute Gasteiger partial charge is 0.410 e. The van der Waals surface area contributed by atoms with Gasteiger partial charge in [0.1, 0.15) is 11.2 Å². The summed E-state index contributed by atoms with van der Waals surface area (Å²) < 4.78 is 93.3. The monoisotopic (exact) mass is 1630 g/mol. The van der Waals surface area contributed by atoms with Gasteiger partial charge >= 0.3 is 12.2 Å². The number of benzene rings is 6. The largest absolute Gasteiger partial charge is 0.444 e. The summed E-state index contributed by atoms with van der Waals surface area (Å²) in [5.74, 6) is 0.337. The van der Waals surface area contributed by atoms with E-state index in [1.54, 1.807) is 78.4 Å². The molecule has 9 aromatic rings. The number of hydrogen-bond acceptors (Lipinski definition) is 15. The van der Waals surface area contributed by atoms with Crippen molar-refractivity contribution < 1.29 is 44.3 Å². The van der Waals surface area contributed by atoms with Crippen LogP contribution in [-0.2, 0) is 59.7 Å². The maximum Gasteiger partial charge on any atom is 0.410 e. The van der Waals surface area contributed by atoms with Crippen LogP contribution in [0.1, 0.15) is 166 Å². The van der Waals surface area contributed by atoms with Gasteiger partial charge in [0.2, 0.25) is 0 Å². The van der Waals surface area contributed by atoms with Crippen molar-refractivity contribution in [1.82, 2.24) is 43.8 Å². The molecule has 6 aromatic carbocycles. The van der Waals surface area contributed by atoms with Crippen molar-refractivity contribution in [3.05, 3.63) is 227 Å². The number of aromatic nitrogens is 6. The number of aryl methyl sites for hydroxylation is 3. The third kappa shape index (κ3) is 20.7. The van der Waals surface area contributed by atoms with Crippen molar-refractivity contribution in [3.63, 3.8) is 0 Å². The van der Waals surface area contributed by atoms with Gasteiger partial charge in [-0.3, -0.25) is 9.44 Å². The number of nitrogens with two attached hydrogens (primary N) is 1. The second-order valence-electron chi connectivity index (χ2n) is 27.8. The molecule has 0 saturated heterocycles. The molecule has 0 saturated carbocycles. The van der Waals surface area contributed by atoms with E-state index in [2.05, 4.69) is 29.7 Å². The lowest BCUT2D eigenvalue weighted by Crippen LogP contribution is -2.38. The van der Waals surface area contributed by atoms with Gasteiger partial charge in [0.05, 0.1) is 61.2 Å². The third-order valence-corrected chi connectivity index (χ3v) is 23.7. The van der Waals surface area contributed by atoms with E-state index < -0.39 is 46.4 Å². The normalized spacial score (nSPS) is 17.8. The van der Waals surface area contributed by atoms with Crippen LogP contribution in [0.15, 0.2) is 162 Å². The molecule has 12 rings (SSSR count). The van der Waals surface area contributed by atoms with Crippen LogP contribution in [0, 0.1) is 0 Å². The van der Waals surface area contributed by atoms with Crippen LogP contribution in [0.5, 0.6) is 0 Å². The Balaban J connectivity index is 0.000000172. The first-order valence-corrected chi connectivity index (χ1v) is 40.7. The van der Waals surface area contributed by atoms with Crippen LogP contribution in [-0.4, -0.2) is 108 Å². The molecule has 0 bridgehead atoms. The van der Waals surface area contributed by atoms with Crippen LogP contribution < -0.4 is 20.5 Å². The van der Waals surface area contributed by atoms with Crippen LogP contribution in [0.2, 0.25) is 30.1 Å². The molecule has 3 aromatic heterocycles. The van der Waals surface area contributed by atoms with E-state index >= 15 is 0 Å². The highest BCUT2D eigenvalue weighted by Gasteiger charge is 2.38. The maximum atomic E-state index is 13.0. The molecule has 0 radical (unpaired) electrons. The summed E-state index contributed by atoms with van der Waals surface area (Å²) in [5, 5.41) is 6.23. The Morgan fingerprint density at radius 1 is 0.467 bits per heavy atom. The molecule has 6 atom stereocenters. The number of imidazole rings is 3. The summed E-state index contributed by atoms with van der Waals surface area (Å²) in [6.45, 7) is 11.1. The Bertz CT molecular complexity index is 5030. The van der Waals surface area contributed by atoms with Crippen LogP contribution >= 0.6 is 80.3 Å². The Morgan fingerprint density at radius 2 is 0.810 bits per heavy atom. The fraction of sp³-hybridized carbons (Fsp3) is 0.356. The summed E-state index contributed by atoms with van der Waals surface area (Å²) >= 11 is 37.1. The van der Waals surface area contributed by atoms with Crippen molar-refractivity contribution >= 4 is 139 Å². The number of hydrogen-bond donors (Lipinski definition) is 4. The Hall–Kier alpha value is -7.27. The first-order valence-electron chi connectivity index (χ1n) is 33.1. The zero-order valence-electron chi connectivity index (χ0n) is 59.7. The highest BCUT2D eigenvalue weighted by molar-refractivity contribution is 8.13. The van der Waals surface area contributed by atoms with Gasteiger partial charge in [0, 0.05) is 105 Å². The fourth-order valence-electron chi connectivity index (χ4n) is 12.9. The first kappa shape index (κ1) is 81.8. The zero-order chi connectivity index (χ0) is 77.0. The second kappa shape index (κ2) is 33.5. The van der Waals surface area contributed by atoms with Crippen molar-refractivity contribution in [2.24, 2.45) is 21.1 Å². The molecule has 3 aliphatic carbocycles. The topological polar surface area (TPSA) is 277 Å². The van der Waals surface area contributed by atoms with Crippen LogP contribution in [0.4, 0.5) is 26.7 Å². The summed E-state index contributed by atoms with van der Waals surface area (Å²) in [6.07, 6.45) is 12.7. The molecule has 562 valence electrons. The van der Waals surface area contributed by atoms with E-state index in [1.165, 1.54) is 42.1 Å². The quantitative estimate of drug-likeness (QED) is 0.0617. The van der Waals surface area contributed by atoms with Crippen LogP contribution in [0.3, 0.4) is 0 Å². The zero-order valence-corrected chi connectivity index (χ0v) is 67.4. The summed E-state index contributed by atoms with van der Waals surface area (Å²) in [4.78, 5) is 40.3. The standard InChI is InChI=1S/C26H30Cl2N4O4S.C22H26Cl2N2O2.C21H22Cl2N4O2S.C4H5ClN2O2S/c1-26(2,3)36-25(33)32(5)23-11-9-18(16-6-10-21(27)22(28)12-16)19-8-7-17(13-20(19)23)30-37(34,35)24-14-31(4)15-29-24;1-22(2,3)28-21(27)26(4)20-10-8-15(13-5-9-18(23)19(24)11-13)16-7-6-14(25)12-17(16)20;1-24-20-8-6-15(13-3-7-18(22)19(23)9-13)16-5-4-14(10-17(16)20)26-30(28,29)21-11-27(2)12-25-21;1-7-2-4(6-3-7)10(5,8)9/h6-8,10,12-15,18,23,30H,9,11H2,1-5H3;5-7,9,11-12,15,20H,8,10,25H2,1-4H3;3-5,7,9-12,15,20,24,26H,6,8H2,1-2H3;2-3H,1H3/t18-,23-;2*15-,20-;/m000./s1. The van der Waals surface area contributed by atoms with Crippen molar-refractivity contribution in [2.75, 3.05) is 36.3 Å². The average molecular weight is 1630 g/mol. The third-order valence-electron chi connectivity index (χ3n) is 17.7. The highest BCUT2D eigenvalue weighted by atomic mass is 35.7. The number of amides is 2. The Kier molecular flexibility index (Phi) is 26.1. The number of anilines is 3. The summed E-state index contributed by atoms with van der Waals surface area (Å²) in [6, 6.07) is 33.8. The molecule has 32 heteroatoms. The molecule has 0 aliphatic heterocycles. The minimum absolute atomic E-state index is 0.00509. The van der Waals surface area contributed by atoms with Gasteiger partial charge in [-0.1, -0.05) is 106 Å². The lowest BCUT2D eigenvalue weighted by Gasteiger charge is -2.38. The number of nitrogen functional groups attached to an aromatic ring is 1. The Labute approximate surface area is 648 Å². The molecule has 3 aliphatic rings. The van der Waals surface area contributed by atoms with E-state index in [9.17, 15) is 34.8 Å². The number of carbonyl (C=O) groups excluding carboxylic acids is 2.